The zero-order valence-corrected chi connectivity index (χ0v) is 14.5. The van der Waals surface area contributed by atoms with Crippen LogP contribution in [0.25, 0.3) is 10.9 Å². The lowest BCUT2D eigenvalue weighted by Crippen LogP contribution is -2.20. The Labute approximate surface area is 153 Å². The summed E-state index contributed by atoms with van der Waals surface area (Å²) in [6, 6.07) is 10.4. The fourth-order valence-electron chi connectivity index (χ4n) is 2.64. The Bertz CT molecular complexity index is 1070. The molecule has 0 radical (unpaired) electrons. The SMILES string of the molecule is COc1ccc2c(c1)cc(C(=O)N/N=C\c1cc([N+](=O)[O-])ccc1[O-])n2C. The molecule has 9 nitrogen and oxygen atoms in total. The Balaban J connectivity index is 1.81. The van der Waals surface area contributed by atoms with E-state index in [4.69, 9.17) is 4.74 Å². The zero-order valence-electron chi connectivity index (χ0n) is 14.5. The first-order chi connectivity index (χ1) is 12.9. The molecule has 0 unspecified atom stereocenters. The van der Waals surface area contributed by atoms with Gasteiger partial charge in [-0.05, 0) is 29.8 Å². The predicted octanol–water partition coefficient (Wildman–Crippen LogP) is 1.93. The van der Waals surface area contributed by atoms with E-state index in [1.807, 2.05) is 12.1 Å². The highest BCUT2D eigenvalue weighted by Crippen LogP contribution is 2.24. The van der Waals surface area contributed by atoms with E-state index in [9.17, 15) is 20.0 Å². The van der Waals surface area contributed by atoms with Gasteiger partial charge in [0.15, 0.2) is 0 Å². The van der Waals surface area contributed by atoms with Crippen LogP contribution in [-0.2, 0) is 7.05 Å². The van der Waals surface area contributed by atoms with Crippen molar-refractivity contribution in [3.8, 4) is 11.5 Å². The van der Waals surface area contributed by atoms with Gasteiger partial charge in [0.05, 0.1) is 18.2 Å². The maximum atomic E-state index is 12.4. The van der Waals surface area contributed by atoms with E-state index in [1.54, 1.807) is 30.9 Å². The molecule has 3 aromatic rings. The van der Waals surface area contributed by atoms with Crippen molar-refractivity contribution >= 4 is 28.7 Å². The van der Waals surface area contributed by atoms with Crippen LogP contribution >= 0.6 is 0 Å². The van der Waals surface area contributed by atoms with Crippen molar-refractivity contribution in [1.82, 2.24) is 9.99 Å². The lowest BCUT2D eigenvalue weighted by atomic mass is 10.2. The third-order valence-electron chi connectivity index (χ3n) is 4.06. The van der Waals surface area contributed by atoms with Crippen LogP contribution in [0.1, 0.15) is 16.1 Å². The third kappa shape index (κ3) is 3.56. The summed E-state index contributed by atoms with van der Waals surface area (Å²) in [5.41, 5.74) is 3.29. The lowest BCUT2D eigenvalue weighted by Gasteiger charge is -2.08. The summed E-state index contributed by atoms with van der Waals surface area (Å²) < 4.78 is 6.87. The number of fused-ring (bicyclic) bond motifs is 1. The average Bonchev–Trinajstić information content (AvgIpc) is 2.99. The van der Waals surface area contributed by atoms with Gasteiger partial charge in [-0.2, -0.15) is 5.10 Å². The number of rotatable bonds is 5. The Morgan fingerprint density at radius 3 is 2.74 bits per heavy atom. The smallest absolute Gasteiger partial charge is 0.287 e. The second kappa shape index (κ2) is 7.16. The van der Waals surface area contributed by atoms with Crippen LogP contribution in [0.2, 0.25) is 0 Å². The summed E-state index contributed by atoms with van der Waals surface area (Å²) >= 11 is 0. The molecule has 0 aliphatic rings. The number of aromatic nitrogens is 1. The first-order valence-electron chi connectivity index (χ1n) is 7.83. The van der Waals surface area contributed by atoms with Gasteiger partial charge in [-0.25, -0.2) is 5.43 Å². The molecule has 3 rings (SSSR count). The minimum atomic E-state index is -0.612. The fourth-order valence-corrected chi connectivity index (χ4v) is 2.64. The van der Waals surface area contributed by atoms with Crippen molar-refractivity contribution in [3.05, 3.63) is 63.8 Å². The number of carbonyl (C=O) groups is 1. The topological polar surface area (TPSA) is 122 Å². The molecule has 0 bridgehead atoms. The molecule has 0 aliphatic heterocycles. The summed E-state index contributed by atoms with van der Waals surface area (Å²) in [6.07, 6.45) is 1.08. The molecule has 0 saturated carbocycles. The average molecular weight is 367 g/mol. The minimum absolute atomic E-state index is 0.00581. The number of methoxy groups -OCH3 is 1. The van der Waals surface area contributed by atoms with E-state index >= 15 is 0 Å². The van der Waals surface area contributed by atoms with Gasteiger partial charge in [-0.1, -0.05) is 11.8 Å². The third-order valence-corrected chi connectivity index (χ3v) is 4.06. The van der Waals surface area contributed by atoms with Gasteiger partial charge in [0, 0.05) is 30.1 Å². The number of nitrogens with zero attached hydrogens (tertiary/aromatic N) is 3. The van der Waals surface area contributed by atoms with Gasteiger partial charge in [0.2, 0.25) is 0 Å². The van der Waals surface area contributed by atoms with Gasteiger partial charge in [-0.3, -0.25) is 14.9 Å². The number of hydrogen-bond acceptors (Lipinski definition) is 6. The van der Waals surface area contributed by atoms with Crippen LogP contribution in [-0.4, -0.2) is 28.7 Å². The van der Waals surface area contributed by atoms with Crippen LogP contribution in [0.4, 0.5) is 5.69 Å². The number of non-ortho nitro benzene ring substituents is 1. The highest BCUT2D eigenvalue weighted by molar-refractivity contribution is 5.99. The number of aryl methyl sites for hydroxylation is 1. The molecular formula is C18H15N4O5-. The van der Waals surface area contributed by atoms with E-state index < -0.39 is 16.6 Å². The second-order valence-electron chi connectivity index (χ2n) is 5.69. The molecule has 138 valence electrons. The molecule has 9 heteroatoms. The molecule has 0 fully saturated rings. The number of benzene rings is 2. The van der Waals surface area contributed by atoms with E-state index in [0.29, 0.717) is 11.4 Å². The monoisotopic (exact) mass is 367 g/mol. The predicted molar refractivity (Wildman–Crippen MR) is 97.1 cm³/mol. The van der Waals surface area contributed by atoms with Crippen LogP contribution in [0, 0.1) is 10.1 Å². The summed E-state index contributed by atoms with van der Waals surface area (Å²) in [7, 11) is 3.30. The van der Waals surface area contributed by atoms with Crippen LogP contribution in [0.3, 0.4) is 0 Å². The molecule has 1 N–H and O–H groups in total. The number of nitrogens with one attached hydrogen (secondary N) is 1. The molecule has 0 saturated heterocycles. The van der Waals surface area contributed by atoms with Gasteiger partial charge in [-0.15, -0.1) is 0 Å². The summed E-state index contributed by atoms with van der Waals surface area (Å²) in [5, 5.41) is 27.1. The van der Waals surface area contributed by atoms with Crippen LogP contribution in [0.5, 0.6) is 11.5 Å². The normalized spacial score (nSPS) is 11.0. The largest absolute Gasteiger partial charge is 0.872 e. The van der Waals surface area contributed by atoms with E-state index in [1.165, 1.54) is 0 Å². The Hall–Kier alpha value is -3.88. The number of nitro groups is 1. The van der Waals surface area contributed by atoms with E-state index in [0.717, 1.165) is 35.3 Å². The van der Waals surface area contributed by atoms with Gasteiger partial charge in [0.25, 0.3) is 11.6 Å². The molecule has 0 atom stereocenters. The molecule has 1 aromatic heterocycles. The molecule has 0 aliphatic carbocycles. The minimum Gasteiger partial charge on any atom is -0.872 e. The van der Waals surface area contributed by atoms with Gasteiger partial charge < -0.3 is 14.4 Å². The molecule has 27 heavy (non-hydrogen) atoms. The molecular weight excluding hydrogens is 352 g/mol. The number of hydrogen-bond donors (Lipinski definition) is 1. The standard InChI is InChI=1S/C18H16N4O5/c1-21-15-5-4-14(27-2)8-11(15)9-16(21)18(24)20-19-10-12-7-13(22(25)26)3-6-17(12)23/h3-10,23H,1-2H3,(H,20,24)/p-1/b19-10-. The molecule has 2 aromatic carbocycles. The first kappa shape index (κ1) is 17.9. The number of hydrazone groups is 1. The van der Waals surface area contributed by atoms with E-state index in [2.05, 4.69) is 10.5 Å². The van der Waals surface area contributed by atoms with Crippen LogP contribution < -0.4 is 15.3 Å². The maximum absolute atomic E-state index is 12.4. The highest BCUT2D eigenvalue weighted by atomic mass is 16.6. The highest BCUT2D eigenvalue weighted by Gasteiger charge is 2.13. The molecule has 1 heterocycles. The van der Waals surface area contributed by atoms with Crippen LogP contribution in [0.15, 0.2) is 47.6 Å². The number of ether oxygens (including phenoxy) is 1. The van der Waals surface area contributed by atoms with Crippen molar-refractivity contribution < 1.29 is 19.6 Å². The Morgan fingerprint density at radius 2 is 2.04 bits per heavy atom. The first-order valence-corrected chi connectivity index (χ1v) is 7.83. The molecule has 0 spiro atoms. The van der Waals surface area contributed by atoms with Crippen molar-refractivity contribution in [2.45, 2.75) is 0 Å². The summed E-state index contributed by atoms with van der Waals surface area (Å²) in [5.74, 6) is -0.246. The number of amides is 1. The van der Waals surface area contributed by atoms with Gasteiger partial charge in [0.1, 0.15) is 11.4 Å². The fraction of sp³-hybridized carbons (Fsp3) is 0.111. The molecule has 1 amide bonds. The quantitative estimate of drug-likeness (QED) is 0.419. The summed E-state index contributed by atoms with van der Waals surface area (Å²) in [4.78, 5) is 22.5. The maximum Gasteiger partial charge on any atom is 0.287 e. The lowest BCUT2D eigenvalue weighted by molar-refractivity contribution is -0.385. The Kier molecular flexibility index (Phi) is 4.75. The van der Waals surface area contributed by atoms with Crippen molar-refractivity contribution in [1.29, 1.82) is 0 Å². The van der Waals surface area contributed by atoms with Crippen molar-refractivity contribution in [2.75, 3.05) is 7.11 Å². The van der Waals surface area contributed by atoms with Crippen molar-refractivity contribution in [3.63, 3.8) is 0 Å². The number of carbonyl (C=O) groups excluding carboxylic acids is 1. The van der Waals surface area contributed by atoms with Gasteiger partial charge >= 0.3 is 0 Å². The second-order valence-corrected chi connectivity index (χ2v) is 5.69. The zero-order chi connectivity index (χ0) is 19.6. The van der Waals surface area contributed by atoms with E-state index in [-0.39, 0.29) is 11.3 Å². The van der Waals surface area contributed by atoms with Crippen molar-refractivity contribution in [2.24, 2.45) is 12.1 Å². The number of nitro benzene ring substituents is 1. The Morgan fingerprint density at radius 1 is 1.26 bits per heavy atom. The summed E-state index contributed by atoms with van der Waals surface area (Å²) in [6.45, 7) is 0.